The molecule has 156 valence electrons. The fourth-order valence-corrected chi connectivity index (χ4v) is 4.52. The number of anilines is 1. The Bertz CT molecular complexity index is 935. The van der Waals surface area contributed by atoms with Crippen LogP contribution in [0, 0.1) is 6.92 Å². The minimum absolute atomic E-state index is 0.159. The Morgan fingerprint density at radius 2 is 1.59 bits per heavy atom. The van der Waals surface area contributed by atoms with E-state index >= 15 is 0 Å². The highest BCUT2D eigenvalue weighted by atomic mass is 32.2. The molecule has 1 aliphatic rings. The van der Waals surface area contributed by atoms with E-state index in [1.54, 1.807) is 43.2 Å². The molecule has 2 aromatic carbocycles. The van der Waals surface area contributed by atoms with Crippen LogP contribution in [0.15, 0.2) is 53.4 Å². The zero-order valence-electron chi connectivity index (χ0n) is 17.0. The molecule has 7 nitrogen and oxygen atoms in total. The number of benzene rings is 2. The summed E-state index contributed by atoms with van der Waals surface area (Å²) in [6, 6.07) is 13.5. The number of amides is 1. The Balaban J connectivity index is 1.57. The summed E-state index contributed by atoms with van der Waals surface area (Å²) >= 11 is 0. The summed E-state index contributed by atoms with van der Waals surface area (Å²) in [4.78, 5) is 16.8. The zero-order chi connectivity index (χ0) is 21.0. The van der Waals surface area contributed by atoms with Crippen LogP contribution >= 0.6 is 0 Å². The second-order valence-electron chi connectivity index (χ2n) is 7.17. The van der Waals surface area contributed by atoms with Crippen molar-refractivity contribution in [3.63, 3.8) is 0 Å². The quantitative estimate of drug-likeness (QED) is 0.778. The molecule has 1 fully saturated rings. The lowest BCUT2D eigenvalue weighted by molar-refractivity contribution is -0.132. The van der Waals surface area contributed by atoms with Gasteiger partial charge in [-0.15, -0.1) is 0 Å². The van der Waals surface area contributed by atoms with Crippen LogP contribution in [0.3, 0.4) is 0 Å². The first-order valence-electron chi connectivity index (χ1n) is 9.57. The van der Waals surface area contributed by atoms with Gasteiger partial charge in [-0.2, -0.15) is 4.72 Å². The molecule has 1 saturated heterocycles. The van der Waals surface area contributed by atoms with Gasteiger partial charge in [0, 0.05) is 31.9 Å². The van der Waals surface area contributed by atoms with Crippen LogP contribution in [-0.4, -0.2) is 58.6 Å². The third-order valence-corrected chi connectivity index (χ3v) is 6.62. The van der Waals surface area contributed by atoms with Gasteiger partial charge in [-0.25, -0.2) is 8.42 Å². The lowest BCUT2D eigenvalue weighted by Crippen LogP contribution is -2.54. The minimum atomic E-state index is -3.74. The normalized spacial score (nSPS) is 15.8. The summed E-state index contributed by atoms with van der Waals surface area (Å²) < 4.78 is 32.7. The molecule has 0 radical (unpaired) electrons. The minimum Gasteiger partial charge on any atom is -0.497 e. The van der Waals surface area contributed by atoms with Gasteiger partial charge in [0.05, 0.1) is 18.0 Å². The number of methoxy groups -OCH3 is 1. The number of piperazine rings is 1. The van der Waals surface area contributed by atoms with Crippen molar-refractivity contribution in [3.8, 4) is 5.75 Å². The van der Waals surface area contributed by atoms with Crippen molar-refractivity contribution in [3.05, 3.63) is 54.1 Å². The number of aryl methyl sites for hydroxylation is 1. The Morgan fingerprint density at radius 3 is 2.14 bits per heavy atom. The Hall–Kier alpha value is -2.58. The number of ether oxygens (including phenoxy) is 1. The first kappa shape index (κ1) is 21.1. The third kappa shape index (κ3) is 5.07. The van der Waals surface area contributed by atoms with Crippen molar-refractivity contribution >= 4 is 21.6 Å². The van der Waals surface area contributed by atoms with Gasteiger partial charge in [0.15, 0.2) is 0 Å². The highest BCUT2D eigenvalue weighted by molar-refractivity contribution is 7.89. The molecule has 0 aliphatic carbocycles. The van der Waals surface area contributed by atoms with E-state index in [1.807, 2.05) is 31.2 Å². The first-order valence-corrected chi connectivity index (χ1v) is 11.1. The van der Waals surface area contributed by atoms with E-state index in [0.29, 0.717) is 26.2 Å². The number of hydrogen-bond donors (Lipinski definition) is 1. The van der Waals surface area contributed by atoms with E-state index in [4.69, 9.17) is 4.74 Å². The van der Waals surface area contributed by atoms with E-state index in [9.17, 15) is 13.2 Å². The van der Waals surface area contributed by atoms with Crippen molar-refractivity contribution in [1.82, 2.24) is 9.62 Å². The molecule has 0 spiro atoms. The predicted octanol–water partition coefficient (Wildman–Crippen LogP) is 2.02. The monoisotopic (exact) mass is 417 g/mol. The molecule has 1 unspecified atom stereocenters. The average molecular weight is 418 g/mol. The predicted molar refractivity (Wildman–Crippen MR) is 113 cm³/mol. The van der Waals surface area contributed by atoms with Crippen LogP contribution in [0.4, 0.5) is 5.69 Å². The van der Waals surface area contributed by atoms with Crippen LogP contribution < -0.4 is 14.4 Å². The van der Waals surface area contributed by atoms with Crippen LogP contribution in [0.2, 0.25) is 0 Å². The number of nitrogens with zero attached hydrogens (tertiary/aromatic N) is 2. The number of carbonyl (C=O) groups is 1. The van der Waals surface area contributed by atoms with Crippen molar-refractivity contribution in [1.29, 1.82) is 0 Å². The van der Waals surface area contributed by atoms with Gasteiger partial charge in [-0.3, -0.25) is 4.79 Å². The molecule has 0 aromatic heterocycles. The van der Waals surface area contributed by atoms with Crippen LogP contribution in [0.25, 0.3) is 0 Å². The Labute approximate surface area is 172 Å². The maximum atomic E-state index is 12.8. The molecule has 1 atom stereocenters. The molecule has 3 rings (SSSR count). The summed E-state index contributed by atoms with van der Waals surface area (Å²) in [6.45, 7) is 5.94. The van der Waals surface area contributed by atoms with Gasteiger partial charge < -0.3 is 14.5 Å². The molecule has 0 bridgehead atoms. The summed E-state index contributed by atoms with van der Waals surface area (Å²) in [6.07, 6.45) is 0. The SMILES string of the molecule is COc1ccc(N2CCN(C(=O)C(C)NS(=O)(=O)c3ccc(C)cc3)CC2)cc1. The third-order valence-electron chi connectivity index (χ3n) is 5.06. The van der Waals surface area contributed by atoms with Crippen molar-refractivity contribution in [2.75, 3.05) is 38.2 Å². The lowest BCUT2D eigenvalue weighted by atomic mass is 10.2. The standard InChI is InChI=1S/C21H27N3O4S/c1-16-4-10-20(11-5-16)29(26,27)22-17(2)21(25)24-14-12-23(13-15-24)18-6-8-19(28-3)9-7-18/h4-11,17,22H,12-15H2,1-3H3. The van der Waals surface area contributed by atoms with E-state index in [-0.39, 0.29) is 10.8 Å². The van der Waals surface area contributed by atoms with Crippen LogP contribution in [0.5, 0.6) is 5.75 Å². The summed E-state index contributed by atoms with van der Waals surface area (Å²) in [5.74, 6) is 0.590. The first-order chi connectivity index (χ1) is 13.8. The van der Waals surface area contributed by atoms with Crippen molar-refractivity contribution < 1.29 is 17.9 Å². The summed E-state index contributed by atoms with van der Waals surface area (Å²) in [5.41, 5.74) is 2.05. The van der Waals surface area contributed by atoms with E-state index in [2.05, 4.69) is 9.62 Å². The molecule has 1 N–H and O–H groups in total. The molecule has 1 heterocycles. The largest absolute Gasteiger partial charge is 0.497 e. The van der Waals surface area contributed by atoms with Gasteiger partial charge in [0.25, 0.3) is 0 Å². The molecule has 29 heavy (non-hydrogen) atoms. The number of rotatable bonds is 6. The molecular formula is C21H27N3O4S. The van der Waals surface area contributed by atoms with Crippen LogP contribution in [0.1, 0.15) is 12.5 Å². The average Bonchev–Trinajstić information content (AvgIpc) is 2.73. The fraction of sp³-hybridized carbons (Fsp3) is 0.381. The number of nitrogens with one attached hydrogen (secondary N) is 1. The molecule has 1 aliphatic heterocycles. The number of sulfonamides is 1. The molecular weight excluding hydrogens is 390 g/mol. The maximum absolute atomic E-state index is 12.8. The molecule has 1 amide bonds. The molecule has 2 aromatic rings. The fourth-order valence-electron chi connectivity index (χ4n) is 3.32. The second kappa shape index (κ2) is 8.84. The van der Waals surface area contributed by atoms with Gasteiger partial charge in [0.2, 0.25) is 15.9 Å². The second-order valence-corrected chi connectivity index (χ2v) is 8.88. The number of hydrogen-bond acceptors (Lipinski definition) is 5. The van der Waals surface area contributed by atoms with Gasteiger partial charge >= 0.3 is 0 Å². The Morgan fingerprint density at radius 1 is 1.00 bits per heavy atom. The van der Waals surface area contributed by atoms with Gasteiger partial charge in [-0.1, -0.05) is 17.7 Å². The molecule has 8 heteroatoms. The smallest absolute Gasteiger partial charge is 0.241 e. The van der Waals surface area contributed by atoms with Gasteiger partial charge in [0.1, 0.15) is 5.75 Å². The van der Waals surface area contributed by atoms with Crippen molar-refractivity contribution in [2.45, 2.75) is 24.8 Å². The van der Waals surface area contributed by atoms with Gasteiger partial charge in [-0.05, 0) is 50.2 Å². The van der Waals surface area contributed by atoms with E-state index in [0.717, 1.165) is 17.0 Å². The van der Waals surface area contributed by atoms with Crippen LogP contribution in [-0.2, 0) is 14.8 Å². The lowest BCUT2D eigenvalue weighted by Gasteiger charge is -2.37. The Kier molecular flexibility index (Phi) is 6.44. The number of carbonyl (C=O) groups excluding carboxylic acids is 1. The maximum Gasteiger partial charge on any atom is 0.241 e. The molecule has 0 saturated carbocycles. The summed E-state index contributed by atoms with van der Waals surface area (Å²) in [7, 11) is -2.11. The highest BCUT2D eigenvalue weighted by Gasteiger charge is 2.28. The van der Waals surface area contributed by atoms with E-state index in [1.165, 1.54) is 0 Å². The topological polar surface area (TPSA) is 79.0 Å². The zero-order valence-corrected chi connectivity index (χ0v) is 17.8. The van der Waals surface area contributed by atoms with E-state index < -0.39 is 16.1 Å². The van der Waals surface area contributed by atoms with Crippen molar-refractivity contribution in [2.24, 2.45) is 0 Å². The highest BCUT2D eigenvalue weighted by Crippen LogP contribution is 2.21. The summed E-state index contributed by atoms with van der Waals surface area (Å²) in [5, 5.41) is 0.